The van der Waals surface area contributed by atoms with Crippen molar-refractivity contribution >= 4 is 5.78 Å². The van der Waals surface area contributed by atoms with Gasteiger partial charge in [-0.3, -0.25) is 9.69 Å². The first kappa shape index (κ1) is 8.68. The van der Waals surface area contributed by atoms with Crippen LogP contribution in [0.1, 0.15) is 20.3 Å². The Morgan fingerprint density at radius 1 is 1.73 bits per heavy atom. The minimum absolute atomic E-state index is 0.0324. The molecule has 3 heteroatoms. The molecule has 1 aliphatic rings. The fourth-order valence-electron chi connectivity index (χ4n) is 1.65. The number of aliphatic hydroxyl groups excluding tert-OH is 1. The minimum Gasteiger partial charge on any atom is -0.392 e. The third-order valence-electron chi connectivity index (χ3n) is 2.26. The second-order valence-electron chi connectivity index (χ2n) is 3.10. The number of ketones is 1. The van der Waals surface area contributed by atoms with Crippen LogP contribution >= 0.6 is 0 Å². The lowest BCUT2D eigenvalue weighted by atomic mass is 10.1. The minimum atomic E-state index is -0.302. The highest BCUT2D eigenvalue weighted by Crippen LogP contribution is 2.17. The smallest absolute Gasteiger partial charge is 0.146 e. The average molecular weight is 157 g/mol. The molecule has 1 saturated heterocycles. The number of aliphatic hydroxyl groups is 1. The van der Waals surface area contributed by atoms with Crippen LogP contribution in [0.25, 0.3) is 0 Å². The van der Waals surface area contributed by atoms with Gasteiger partial charge in [0.2, 0.25) is 0 Å². The lowest BCUT2D eigenvalue weighted by molar-refractivity contribution is -0.121. The van der Waals surface area contributed by atoms with Crippen molar-refractivity contribution < 1.29 is 9.90 Å². The number of likely N-dealkylation sites (N-methyl/N-ethyl adjacent to an activating group) is 1. The van der Waals surface area contributed by atoms with E-state index in [1.54, 1.807) is 6.92 Å². The normalized spacial score (nSPS) is 32.6. The van der Waals surface area contributed by atoms with Crippen molar-refractivity contribution in [3.05, 3.63) is 0 Å². The highest BCUT2D eigenvalue weighted by Gasteiger charge is 2.32. The van der Waals surface area contributed by atoms with Crippen LogP contribution in [0.5, 0.6) is 0 Å². The van der Waals surface area contributed by atoms with Gasteiger partial charge in [0.15, 0.2) is 0 Å². The molecule has 1 aliphatic heterocycles. The molecule has 1 fully saturated rings. The average Bonchev–Trinajstić information content (AvgIpc) is 2.30. The van der Waals surface area contributed by atoms with Crippen molar-refractivity contribution in [2.75, 3.05) is 13.1 Å². The number of hydrogen-bond donors (Lipinski definition) is 1. The van der Waals surface area contributed by atoms with E-state index in [0.717, 1.165) is 6.54 Å². The number of hydrogen-bond acceptors (Lipinski definition) is 3. The summed E-state index contributed by atoms with van der Waals surface area (Å²) in [6, 6.07) is -0.0324. The van der Waals surface area contributed by atoms with E-state index in [1.165, 1.54) is 0 Å². The van der Waals surface area contributed by atoms with E-state index in [2.05, 4.69) is 0 Å². The zero-order chi connectivity index (χ0) is 8.43. The van der Waals surface area contributed by atoms with Gasteiger partial charge in [0.1, 0.15) is 5.78 Å². The topological polar surface area (TPSA) is 40.5 Å². The third-order valence-corrected chi connectivity index (χ3v) is 2.26. The van der Waals surface area contributed by atoms with Gasteiger partial charge in [-0.1, -0.05) is 6.92 Å². The molecule has 0 aromatic heterocycles. The molecular weight excluding hydrogens is 142 g/mol. The number of carbonyl (C=O) groups is 1. The van der Waals surface area contributed by atoms with E-state index in [1.807, 2.05) is 11.8 Å². The Hall–Kier alpha value is -0.410. The lowest BCUT2D eigenvalue weighted by Crippen LogP contribution is -2.34. The molecule has 1 rings (SSSR count). The molecule has 2 unspecified atom stereocenters. The van der Waals surface area contributed by atoms with Crippen LogP contribution < -0.4 is 0 Å². The van der Waals surface area contributed by atoms with Crippen LogP contribution in [-0.2, 0) is 4.79 Å². The van der Waals surface area contributed by atoms with Crippen LogP contribution in [0.4, 0.5) is 0 Å². The molecule has 1 heterocycles. The van der Waals surface area contributed by atoms with E-state index >= 15 is 0 Å². The molecule has 0 bridgehead atoms. The number of likely N-dealkylation sites (tertiary alicyclic amines) is 1. The number of carbonyl (C=O) groups excluding carboxylic acids is 1. The SMILES string of the molecule is CCN1CC(O)CC1C(C)=O. The molecule has 1 N–H and O–H groups in total. The van der Waals surface area contributed by atoms with Gasteiger partial charge in [-0.15, -0.1) is 0 Å². The first-order valence-electron chi connectivity index (χ1n) is 4.07. The second kappa shape index (κ2) is 3.32. The van der Waals surface area contributed by atoms with E-state index in [4.69, 9.17) is 0 Å². The number of nitrogens with zero attached hydrogens (tertiary/aromatic N) is 1. The number of Topliss-reactive ketones (excluding diaryl/α,β-unsaturated/α-hetero) is 1. The van der Waals surface area contributed by atoms with Gasteiger partial charge < -0.3 is 5.11 Å². The largest absolute Gasteiger partial charge is 0.392 e. The van der Waals surface area contributed by atoms with Crippen molar-refractivity contribution in [2.24, 2.45) is 0 Å². The van der Waals surface area contributed by atoms with E-state index in [9.17, 15) is 9.90 Å². The van der Waals surface area contributed by atoms with E-state index in [0.29, 0.717) is 13.0 Å². The van der Waals surface area contributed by atoms with Gasteiger partial charge in [0.05, 0.1) is 12.1 Å². The maximum absolute atomic E-state index is 11.0. The van der Waals surface area contributed by atoms with Gasteiger partial charge in [-0.25, -0.2) is 0 Å². The van der Waals surface area contributed by atoms with Gasteiger partial charge in [-0.2, -0.15) is 0 Å². The zero-order valence-corrected chi connectivity index (χ0v) is 7.08. The number of rotatable bonds is 2. The summed E-state index contributed by atoms with van der Waals surface area (Å²) >= 11 is 0. The Labute approximate surface area is 67.0 Å². The van der Waals surface area contributed by atoms with Crippen LogP contribution in [-0.4, -0.2) is 41.0 Å². The summed E-state index contributed by atoms with van der Waals surface area (Å²) in [5, 5.41) is 9.26. The van der Waals surface area contributed by atoms with Crippen molar-refractivity contribution in [1.29, 1.82) is 0 Å². The summed E-state index contributed by atoms with van der Waals surface area (Å²) < 4.78 is 0. The molecule has 0 spiro atoms. The van der Waals surface area contributed by atoms with Gasteiger partial charge >= 0.3 is 0 Å². The molecule has 0 radical (unpaired) electrons. The monoisotopic (exact) mass is 157 g/mol. The van der Waals surface area contributed by atoms with Crippen LogP contribution in [0.15, 0.2) is 0 Å². The molecule has 0 aliphatic carbocycles. The van der Waals surface area contributed by atoms with Crippen LogP contribution in [0.2, 0.25) is 0 Å². The standard InChI is InChI=1S/C8H15NO2/c1-3-9-5-7(11)4-8(9)6(2)10/h7-8,11H,3-5H2,1-2H3. The van der Waals surface area contributed by atoms with Gasteiger partial charge in [0.25, 0.3) is 0 Å². The van der Waals surface area contributed by atoms with Crippen molar-refractivity contribution in [3.63, 3.8) is 0 Å². The molecule has 0 aromatic carbocycles. The maximum Gasteiger partial charge on any atom is 0.146 e. The molecule has 64 valence electrons. The van der Waals surface area contributed by atoms with Gasteiger partial charge in [-0.05, 0) is 19.9 Å². The molecular formula is C8H15NO2. The fourth-order valence-corrected chi connectivity index (χ4v) is 1.65. The third kappa shape index (κ3) is 1.79. The van der Waals surface area contributed by atoms with Crippen molar-refractivity contribution in [1.82, 2.24) is 4.90 Å². The fraction of sp³-hybridized carbons (Fsp3) is 0.875. The molecule has 11 heavy (non-hydrogen) atoms. The van der Waals surface area contributed by atoms with Gasteiger partial charge in [0, 0.05) is 6.54 Å². The highest BCUT2D eigenvalue weighted by molar-refractivity contribution is 5.81. The summed E-state index contributed by atoms with van der Waals surface area (Å²) in [6.45, 7) is 5.10. The summed E-state index contributed by atoms with van der Waals surface area (Å²) in [4.78, 5) is 13.0. The van der Waals surface area contributed by atoms with Crippen LogP contribution in [0, 0.1) is 0 Å². The first-order valence-corrected chi connectivity index (χ1v) is 4.07. The summed E-state index contributed by atoms with van der Waals surface area (Å²) in [7, 11) is 0. The predicted octanol–water partition coefficient (Wildman–Crippen LogP) is 0.0305. The summed E-state index contributed by atoms with van der Waals surface area (Å²) in [5.74, 6) is 0.170. The summed E-state index contributed by atoms with van der Waals surface area (Å²) in [5.41, 5.74) is 0. The number of β-amino-alcohol motifs (C(OH)–C–C–N with tert-alkyl or cyclic N) is 1. The van der Waals surface area contributed by atoms with E-state index in [-0.39, 0.29) is 17.9 Å². The Morgan fingerprint density at radius 2 is 2.36 bits per heavy atom. The Bertz CT molecular complexity index is 158. The maximum atomic E-state index is 11.0. The predicted molar refractivity (Wildman–Crippen MR) is 42.3 cm³/mol. The molecule has 3 nitrogen and oxygen atoms in total. The molecule has 0 aromatic rings. The van der Waals surface area contributed by atoms with Crippen molar-refractivity contribution in [3.8, 4) is 0 Å². The molecule has 0 saturated carbocycles. The summed E-state index contributed by atoms with van der Waals surface area (Å²) in [6.07, 6.45) is 0.312. The van der Waals surface area contributed by atoms with E-state index < -0.39 is 0 Å². The Balaban J connectivity index is 2.57. The second-order valence-corrected chi connectivity index (χ2v) is 3.10. The quantitative estimate of drug-likeness (QED) is 0.615. The first-order chi connectivity index (χ1) is 5.15. The zero-order valence-electron chi connectivity index (χ0n) is 7.08. The highest BCUT2D eigenvalue weighted by atomic mass is 16.3. The molecule has 0 amide bonds. The van der Waals surface area contributed by atoms with Crippen molar-refractivity contribution in [2.45, 2.75) is 32.4 Å². The Morgan fingerprint density at radius 3 is 2.73 bits per heavy atom. The van der Waals surface area contributed by atoms with Crippen LogP contribution in [0.3, 0.4) is 0 Å². The molecule has 2 atom stereocenters. The lowest BCUT2D eigenvalue weighted by Gasteiger charge is -2.18. The Kier molecular flexibility index (Phi) is 2.62.